The normalized spacial score (nSPS) is 11.1. The summed E-state index contributed by atoms with van der Waals surface area (Å²) in [6, 6.07) is 0. The highest BCUT2D eigenvalue weighted by molar-refractivity contribution is 6.62. The smallest absolute Gasteiger partial charge is 0.383 e. The van der Waals surface area contributed by atoms with Crippen LogP contribution in [-0.4, -0.2) is 23.1 Å². The first-order chi connectivity index (χ1) is 8.28. The number of ether oxygens (including phenoxy) is 1. The molecule has 104 valence electrons. The summed E-state index contributed by atoms with van der Waals surface area (Å²) in [5.41, 5.74) is -0.742. The molecule has 0 aliphatic rings. The van der Waals surface area contributed by atoms with E-state index in [1.807, 2.05) is 0 Å². The first-order valence-corrected chi connectivity index (χ1v) is 6.58. The van der Waals surface area contributed by atoms with Gasteiger partial charge in [0.25, 0.3) is 0 Å². The Kier molecular flexibility index (Phi) is 7.48. The number of hydrogen-bond acceptors (Lipinski definition) is 4. The van der Waals surface area contributed by atoms with Crippen LogP contribution in [-0.2, 0) is 19.1 Å². The summed E-state index contributed by atoms with van der Waals surface area (Å²) in [6.45, 7) is 7.09. The molecule has 0 aromatic rings. The molecular formula is C14H24O4. The molecule has 0 aliphatic heterocycles. The Balaban J connectivity index is 3.96. The van der Waals surface area contributed by atoms with E-state index in [1.165, 1.54) is 0 Å². The van der Waals surface area contributed by atoms with Gasteiger partial charge < -0.3 is 4.74 Å². The highest BCUT2D eigenvalue weighted by atomic mass is 16.6. The zero-order valence-electron chi connectivity index (χ0n) is 11.9. The van der Waals surface area contributed by atoms with Crippen molar-refractivity contribution < 1.29 is 19.1 Å². The lowest BCUT2D eigenvalue weighted by atomic mass is 10.1. The first kappa shape index (κ1) is 16.8. The van der Waals surface area contributed by atoms with E-state index in [-0.39, 0.29) is 6.42 Å². The number of unbranched alkanes of at least 4 members (excludes halogenated alkanes) is 4. The molecule has 0 saturated carbocycles. The van der Waals surface area contributed by atoms with E-state index in [9.17, 15) is 14.4 Å². The van der Waals surface area contributed by atoms with Crippen LogP contribution in [0.4, 0.5) is 0 Å². The molecule has 4 heteroatoms. The van der Waals surface area contributed by atoms with Crippen LogP contribution in [0.1, 0.15) is 66.2 Å². The van der Waals surface area contributed by atoms with Crippen molar-refractivity contribution in [1.29, 1.82) is 0 Å². The van der Waals surface area contributed by atoms with Crippen molar-refractivity contribution in [1.82, 2.24) is 0 Å². The van der Waals surface area contributed by atoms with Crippen LogP contribution in [0.25, 0.3) is 0 Å². The summed E-state index contributed by atoms with van der Waals surface area (Å²) in [7, 11) is 0. The molecule has 0 aromatic carbocycles. The van der Waals surface area contributed by atoms with Crippen LogP contribution in [0.3, 0.4) is 0 Å². The number of hydrogen-bond donors (Lipinski definition) is 0. The Labute approximate surface area is 109 Å². The van der Waals surface area contributed by atoms with E-state index >= 15 is 0 Å². The maximum Gasteiger partial charge on any atom is 0.383 e. The molecule has 18 heavy (non-hydrogen) atoms. The van der Waals surface area contributed by atoms with Crippen LogP contribution in [0.5, 0.6) is 0 Å². The maximum absolute atomic E-state index is 11.5. The van der Waals surface area contributed by atoms with E-state index in [1.54, 1.807) is 20.8 Å². The Bertz CT molecular complexity index is 299. The average molecular weight is 256 g/mol. The largest absolute Gasteiger partial charge is 0.454 e. The zero-order chi connectivity index (χ0) is 14.2. The first-order valence-electron chi connectivity index (χ1n) is 6.58. The lowest BCUT2D eigenvalue weighted by Crippen LogP contribution is -2.32. The second kappa shape index (κ2) is 8.01. The van der Waals surface area contributed by atoms with Crippen molar-refractivity contribution in [2.24, 2.45) is 0 Å². The van der Waals surface area contributed by atoms with Crippen molar-refractivity contribution in [2.75, 3.05) is 0 Å². The summed E-state index contributed by atoms with van der Waals surface area (Å²) in [6.07, 6.45) is 5.04. The summed E-state index contributed by atoms with van der Waals surface area (Å²) in [5, 5.41) is 0. The van der Waals surface area contributed by atoms with E-state index < -0.39 is 23.1 Å². The number of carbonyl (C=O) groups excluding carboxylic acids is 3. The lowest BCUT2D eigenvalue weighted by Gasteiger charge is -2.18. The third kappa shape index (κ3) is 7.98. The van der Waals surface area contributed by atoms with Crippen LogP contribution in [0.15, 0.2) is 0 Å². The molecule has 4 nitrogen and oxygen atoms in total. The Morgan fingerprint density at radius 1 is 0.944 bits per heavy atom. The predicted molar refractivity (Wildman–Crippen MR) is 69.2 cm³/mol. The molecule has 0 spiro atoms. The van der Waals surface area contributed by atoms with Crippen LogP contribution >= 0.6 is 0 Å². The van der Waals surface area contributed by atoms with Gasteiger partial charge in [-0.3, -0.25) is 9.59 Å². The molecule has 0 rings (SSSR count). The van der Waals surface area contributed by atoms with Gasteiger partial charge in [0.05, 0.1) is 0 Å². The number of rotatable bonds is 8. The van der Waals surface area contributed by atoms with Crippen molar-refractivity contribution in [2.45, 2.75) is 71.8 Å². The summed E-state index contributed by atoms with van der Waals surface area (Å²) in [5.74, 6) is -2.71. The lowest BCUT2D eigenvalue weighted by molar-refractivity contribution is -0.164. The minimum Gasteiger partial charge on any atom is -0.454 e. The second-order valence-corrected chi connectivity index (χ2v) is 5.42. The monoisotopic (exact) mass is 256 g/mol. The minimum atomic E-state index is -1.04. The molecule has 0 saturated heterocycles. The van der Waals surface area contributed by atoms with Gasteiger partial charge in [0.2, 0.25) is 5.78 Å². The maximum atomic E-state index is 11.5. The van der Waals surface area contributed by atoms with E-state index in [0.717, 1.165) is 25.7 Å². The molecule has 0 aromatic heterocycles. The van der Waals surface area contributed by atoms with Crippen LogP contribution in [0.2, 0.25) is 0 Å². The molecule has 0 atom stereocenters. The van der Waals surface area contributed by atoms with Crippen molar-refractivity contribution in [3.63, 3.8) is 0 Å². The van der Waals surface area contributed by atoms with Crippen LogP contribution in [0, 0.1) is 0 Å². The Morgan fingerprint density at radius 3 is 2.00 bits per heavy atom. The van der Waals surface area contributed by atoms with Crippen molar-refractivity contribution >= 4 is 17.5 Å². The van der Waals surface area contributed by atoms with E-state index in [2.05, 4.69) is 6.92 Å². The Hall–Kier alpha value is -1.19. The number of esters is 1. The quantitative estimate of drug-likeness (QED) is 0.290. The second-order valence-electron chi connectivity index (χ2n) is 5.42. The van der Waals surface area contributed by atoms with Gasteiger partial charge in [-0.05, 0) is 27.2 Å². The molecule has 0 N–H and O–H groups in total. The third-order valence-electron chi connectivity index (χ3n) is 2.34. The average Bonchev–Trinajstić information content (AvgIpc) is 2.25. The van der Waals surface area contributed by atoms with Gasteiger partial charge in [-0.25, -0.2) is 4.79 Å². The van der Waals surface area contributed by atoms with Crippen molar-refractivity contribution in [3.8, 4) is 0 Å². The summed E-state index contributed by atoms with van der Waals surface area (Å²) >= 11 is 0. The number of Topliss-reactive ketones (excluding diaryl/α,β-unsaturated/α-hetero) is 2. The highest BCUT2D eigenvalue weighted by Crippen LogP contribution is 2.09. The van der Waals surface area contributed by atoms with Gasteiger partial charge in [-0.1, -0.05) is 32.6 Å². The number of carbonyl (C=O) groups is 3. The fourth-order valence-electron chi connectivity index (χ4n) is 1.44. The zero-order valence-corrected chi connectivity index (χ0v) is 11.9. The summed E-state index contributed by atoms with van der Waals surface area (Å²) in [4.78, 5) is 34.2. The molecular weight excluding hydrogens is 232 g/mol. The van der Waals surface area contributed by atoms with Gasteiger partial charge >= 0.3 is 11.8 Å². The molecule has 0 aliphatic carbocycles. The van der Waals surface area contributed by atoms with Gasteiger partial charge in [0, 0.05) is 6.42 Å². The van der Waals surface area contributed by atoms with E-state index in [4.69, 9.17) is 4.74 Å². The van der Waals surface area contributed by atoms with Gasteiger partial charge in [0.15, 0.2) is 0 Å². The molecule has 0 amide bonds. The molecule has 0 heterocycles. The predicted octanol–water partition coefficient (Wildman–Crippen LogP) is 2.83. The minimum absolute atomic E-state index is 0.141. The van der Waals surface area contributed by atoms with Gasteiger partial charge in [0.1, 0.15) is 5.60 Å². The fourth-order valence-corrected chi connectivity index (χ4v) is 1.44. The third-order valence-corrected chi connectivity index (χ3v) is 2.34. The topological polar surface area (TPSA) is 60.4 Å². The van der Waals surface area contributed by atoms with Crippen molar-refractivity contribution in [3.05, 3.63) is 0 Å². The molecule has 0 unspecified atom stereocenters. The van der Waals surface area contributed by atoms with E-state index in [0.29, 0.717) is 6.42 Å². The number of ketones is 2. The van der Waals surface area contributed by atoms with Gasteiger partial charge in [-0.2, -0.15) is 0 Å². The highest BCUT2D eigenvalue weighted by Gasteiger charge is 2.27. The van der Waals surface area contributed by atoms with Gasteiger partial charge in [-0.15, -0.1) is 0 Å². The fraction of sp³-hybridized carbons (Fsp3) is 0.786. The summed E-state index contributed by atoms with van der Waals surface area (Å²) < 4.78 is 4.86. The van der Waals surface area contributed by atoms with Crippen LogP contribution < -0.4 is 0 Å². The Morgan fingerprint density at radius 2 is 1.50 bits per heavy atom. The molecule has 0 fully saturated rings. The molecule has 0 radical (unpaired) electrons. The SMILES string of the molecule is CCCCCCCC(=O)C(=O)C(=O)OC(C)(C)C. The standard InChI is InChI=1S/C14H24O4/c1-5-6-7-8-9-10-11(15)12(16)13(17)18-14(2,3)4/h5-10H2,1-4H3. The molecule has 0 bridgehead atoms.